The largest absolute Gasteiger partial charge is 0.388 e. The molecule has 2 rings (SSSR count). The highest BCUT2D eigenvalue weighted by atomic mass is 19.1. The summed E-state index contributed by atoms with van der Waals surface area (Å²) in [5.74, 6) is 1.19. The standard InChI is InChI=1S/C18H28FNO/c1-12(2)14-6-8-18(11-20,9-7-14)17(21)15-4-5-16(19)13(3)10-15/h4-5,10,12,14,17,21H,6-9,11,20H2,1-3H3. The highest BCUT2D eigenvalue weighted by molar-refractivity contribution is 5.27. The maximum absolute atomic E-state index is 13.4. The Morgan fingerprint density at radius 3 is 2.43 bits per heavy atom. The zero-order chi connectivity index (χ0) is 15.6. The summed E-state index contributed by atoms with van der Waals surface area (Å²) in [6.07, 6.45) is 3.53. The molecule has 1 aliphatic carbocycles. The lowest BCUT2D eigenvalue weighted by atomic mass is 9.64. The molecule has 0 aromatic heterocycles. The van der Waals surface area contributed by atoms with Gasteiger partial charge in [0.1, 0.15) is 5.82 Å². The molecule has 0 radical (unpaired) electrons. The third-order valence-electron chi connectivity index (χ3n) is 5.45. The van der Waals surface area contributed by atoms with Crippen LogP contribution in [0.5, 0.6) is 0 Å². The molecule has 118 valence electrons. The molecule has 0 bridgehead atoms. The number of nitrogens with two attached hydrogens (primary N) is 1. The number of aliphatic hydroxyl groups excluding tert-OH is 1. The predicted octanol–water partition coefficient (Wildman–Crippen LogP) is 3.96. The molecular weight excluding hydrogens is 265 g/mol. The fraction of sp³-hybridized carbons (Fsp3) is 0.667. The van der Waals surface area contributed by atoms with Crippen LogP contribution in [0.25, 0.3) is 0 Å². The zero-order valence-corrected chi connectivity index (χ0v) is 13.4. The minimum Gasteiger partial charge on any atom is -0.388 e. The fourth-order valence-corrected chi connectivity index (χ4v) is 3.66. The number of hydrogen-bond donors (Lipinski definition) is 2. The lowest BCUT2D eigenvalue weighted by Crippen LogP contribution is -2.40. The molecule has 0 aliphatic heterocycles. The SMILES string of the molecule is Cc1cc(C(O)C2(CN)CCC(C(C)C)CC2)ccc1F. The summed E-state index contributed by atoms with van der Waals surface area (Å²) in [5.41, 5.74) is 7.15. The van der Waals surface area contributed by atoms with E-state index in [1.165, 1.54) is 6.07 Å². The first-order valence-corrected chi connectivity index (χ1v) is 8.04. The molecule has 3 N–H and O–H groups in total. The minimum absolute atomic E-state index is 0.226. The summed E-state index contributed by atoms with van der Waals surface area (Å²) in [6, 6.07) is 4.89. The van der Waals surface area contributed by atoms with Crippen LogP contribution in [-0.4, -0.2) is 11.7 Å². The molecule has 21 heavy (non-hydrogen) atoms. The van der Waals surface area contributed by atoms with Gasteiger partial charge in [-0.3, -0.25) is 0 Å². The van der Waals surface area contributed by atoms with Gasteiger partial charge in [-0.05, 0) is 61.6 Å². The van der Waals surface area contributed by atoms with Crippen LogP contribution in [0, 0.1) is 30.0 Å². The van der Waals surface area contributed by atoms with Gasteiger partial charge in [0, 0.05) is 12.0 Å². The Hall–Kier alpha value is -0.930. The van der Waals surface area contributed by atoms with Gasteiger partial charge < -0.3 is 10.8 Å². The van der Waals surface area contributed by atoms with Crippen LogP contribution in [0.2, 0.25) is 0 Å². The van der Waals surface area contributed by atoms with Crippen LogP contribution in [0.3, 0.4) is 0 Å². The van der Waals surface area contributed by atoms with Crippen LogP contribution in [0.1, 0.15) is 56.8 Å². The Balaban J connectivity index is 2.18. The number of hydrogen-bond acceptors (Lipinski definition) is 2. The molecule has 0 saturated heterocycles. The molecular formula is C18H28FNO. The number of halogens is 1. The second-order valence-corrected chi connectivity index (χ2v) is 7.06. The van der Waals surface area contributed by atoms with Crippen molar-refractivity contribution in [1.82, 2.24) is 0 Å². The van der Waals surface area contributed by atoms with Gasteiger partial charge in [-0.1, -0.05) is 26.0 Å². The summed E-state index contributed by atoms with van der Waals surface area (Å²) in [6.45, 7) is 6.74. The molecule has 1 saturated carbocycles. The first-order chi connectivity index (χ1) is 9.89. The van der Waals surface area contributed by atoms with E-state index in [9.17, 15) is 9.50 Å². The van der Waals surface area contributed by atoms with Crippen LogP contribution < -0.4 is 5.73 Å². The van der Waals surface area contributed by atoms with Gasteiger partial charge in [-0.15, -0.1) is 0 Å². The number of aryl methyl sites for hydroxylation is 1. The van der Waals surface area contributed by atoms with Gasteiger partial charge in [0.25, 0.3) is 0 Å². The average Bonchev–Trinajstić information content (AvgIpc) is 2.49. The van der Waals surface area contributed by atoms with Crippen LogP contribution >= 0.6 is 0 Å². The van der Waals surface area contributed by atoms with Crippen molar-refractivity contribution in [2.75, 3.05) is 6.54 Å². The van der Waals surface area contributed by atoms with E-state index in [4.69, 9.17) is 5.73 Å². The quantitative estimate of drug-likeness (QED) is 0.882. The molecule has 0 amide bonds. The number of benzene rings is 1. The van der Waals surface area contributed by atoms with E-state index in [1.807, 2.05) is 0 Å². The average molecular weight is 293 g/mol. The second kappa shape index (κ2) is 6.45. The Labute approximate surface area is 127 Å². The number of rotatable bonds is 4. The molecule has 3 heteroatoms. The van der Waals surface area contributed by atoms with E-state index < -0.39 is 6.10 Å². The van der Waals surface area contributed by atoms with Crippen molar-refractivity contribution in [1.29, 1.82) is 0 Å². The normalized spacial score (nSPS) is 27.9. The minimum atomic E-state index is -0.602. The third-order valence-corrected chi connectivity index (χ3v) is 5.45. The molecule has 1 unspecified atom stereocenters. The van der Waals surface area contributed by atoms with Gasteiger partial charge in [0.2, 0.25) is 0 Å². The summed E-state index contributed by atoms with van der Waals surface area (Å²) in [7, 11) is 0. The lowest BCUT2D eigenvalue weighted by molar-refractivity contribution is -0.0149. The Morgan fingerprint density at radius 2 is 1.95 bits per heavy atom. The Morgan fingerprint density at radius 1 is 1.33 bits per heavy atom. The Kier molecular flexibility index (Phi) is 5.05. The highest BCUT2D eigenvalue weighted by Gasteiger charge is 2.41. The van der Waals surface area contributed by atoms with Crippen LogP contribution in [0.15, 0.2) is 18.2 Å². The van der Waals surface area contributed by atoms with Gasteiger partial charge in [0.15, 0.2) is 0 Å². The molecule has 1 aliphatic rings. The van der Waals surface area contributed by atoms with E-state index >= 15 is 0 Å². The third kappa shape index (κ3) is 3.29. The van der Waals surface area contributed by atoms with Crippen molar-refractivity contribution in [3.63, 3.8) is 0 Å². The smallest absolute Gasteiger partial charge is 0.126 e. The molecule has 1 aromatic rings. The van der Waals surface area contributed by atoms with E-state index in [0.717, 1.165) is 37.2 Å². The molecule has 1 atom stereocenters. The van der Waals surface area contributed by atoms with Gasteiger partial charge in [-0.2, -0.15) is 0 Å². The van der Waals surface area contributed by atoms with Crippen LogP contribution in [-0.2, 0) is 0 Å². The van der Waals surface area contributed by atoms with Crippen molar-refractivity contribution in [2.45, 2.75) is 52.6 Å². The molecule has 0 spiro atoms. The topological polar surface area (TPSA) is 46.2 Å². The van der Waals surface area contributed by atoms with Crippen molar-refractivity contribution in [3.8, 4) is 0 Å². The summed E-state index contributed by atoms with van der Waals surface area (Å²) in [5, 5.41) is 10.8. The van der Waals surface area contributed by atoms with Gasteiger partial charge >= 0.3 is 0 Å². The van der Waals surface area contributed by atoms with Crippen molar-refractivity contribution in [3.05, 3.63) is 35.1 Å². The monoisotopic (exact) mass is 293 g/mol. The first-order valence-electron chi connectivity index (χ1n) is 8.04. The van der Waals surface area contributed by atoms with Crippen molar-refractivity contribution < 1.29 is 9.50 Å². The van der Waals surface area contributed by atoms with Gasteiger partial charge in [-0.25, -0.2) is 4.39 Å². The maximum Gasteiger partial charge on any atom is 0.126 e. The molecule has 1 aromatic carbocycles. The maximum atomic E-state index is 13.4. The van der Waals surface area contributed by atoms with Crippen molar-refractivity contribution >= 4 is 0 Å². The Bertz CT molecular complexity index is 478. The highest BCUT2D eigenvalue weighted by Crippen LogP contribution is 2.48. The second-order valence-electron chi connectivity index (χ2n) is 7.06. The molecule has 0 heterocycles. The van der Waals surface area contributed by atoms with Crippen molar-refractivity contribution in [2.24, 2.45) is 23.0 Å². The summed E-state index contributed by atoms with van der Waals surface area (Å²) in [4.78, 5) is 0. The first kappa shape index (κ1) is 16.4. The molecule has 1 fully saturated rings. The molecule has 2 nitrogen and oxygen atoms in total. The van der Waals surface area contributed by atoms with E-state index in [-0.39, 0.29) is 11.2 Å². The lowest BCUT2D eigenvalue weighted by Gasteiger charge is -2.44. The van der Waals surface area contributed by atoms with E-state index in [2.05, 4.69) is 13.8 Å². The fourth-order valence-electron chi connectivity index (χ4n) is 3.66. The summed E-state index contributed by atoms with van der Waals surface area (Å²) >= 11 is 0. The van der Waals surface area contributed by atoms with Crippen LogP contribution in [0.4, 0.5) is 4.39 Å². The zero-order valence-electron chi connectivity index (χ0n) is 13.4. The van der Waals surface area contributed by atoms with E-state index in [1.54, 1.807) is 19.1 Å². The summed E-state index contributed by atoms with van der Waals surface area (Å²) < 4.78 is 13.4. The predicted molar refractivity (Wildman–Crippen MR) is 84.4 cm³/mol. The number of aliphatic hydroxyl groups is 1. The van der Waals surface area contributed by atoms with E-state index in [0.29, 0.717) is 18.0 Å². The van der Waals surface area contributed by atoms with Gasteiger partial charge in [0.05, 0.1) is 6.10 Å².